The molecule has 10 heteroatoms. The van der Waals surface area contributed by atoms with Gasteiger partial charge < -0.3 is 25.2 Å². The number of carbonyl (C=O) groups is 2. The van der Waals surface area contributed by atoms with Crippen LogP contribution in [0.4, 0.5) is 0 Å². The number of rotatable bonds is 11. The predicted octanol–water partition coefficient (Wildman–Crippen LogP) is 4.01. The Morgan fingerprint density at radius 1 is 1.16 bits per heavy atom. The zero-order valence-corrected chi connectivity index (χ0v) is 20.1. The molecule has 0 radical (unpaired) electrons. The van der Waals surface area contributed by atoms with Crippen LogP contribution in [0.2, 0.25) is 10.0 Å². The summed E-state index contributed by atoms with van der Waals surface area (Å²) in [7, 11) is 3.10. The Hall–Kier alpha value is -2.19. The minimum atomic E-state index is -0.958. The number of phenolic OH excluding ortho intramolecular Hbond substituents is 1. The van der Waals surface area contributed by atoms with Crippen LogP contribution in [0, 0.1) is 0 Å². The van der Waals surface area contributed by atoms with Crippen molar-refractivity contribution < 1.29 is 24.2 Å². The number of methoxy groups -OCH3 is 1. The molecular formula is C22H27Cl3N2O5. The monoisotopic (exact) mass is 504 g/mol. The largest absolute Gasteiger partial charge is 0.505 e. The molecule has 0 heterocycles. The fourth-order valence-electron chi connectivity index (χ4n) is 2.90. The van der Waals surface area contributed by atoms with Crippen molar-refractivity contribution in [1.29, 1.82) is 0 Å². The predicted molar refractivity (Wildman–Crippen MR) is 127 cm³/mol. The van der Waals surface area contributed by atoms with Gasteiger partial charge in [0.25, 0.3) is 5.91 Å². The lowest BCUT2D eigenvalue weighted by Crippen LogP contribution is -2.43. The second-order valence-electron chi connectivity index (χ2n) is 6.80. The lowest BCUT2D eigenvalue weighted by atomic mass is 10.1. The van der Waals surface area contributed by atoms with Crippen molar-refractivity contribution >= 4 is 47.5 Å². The number of carbonyl (C=O) groups excluding carboxylic acids is 2. The third-order valence-corrected chi connectivity index (χ3v) is 5.17. The Bertz CT molecular complexity index is 897. The van der Waals surface area contributed by atoms with Gasteiger partial charge in [0.2, 0.25) is 0 Å². The number of esters is 1. The number of phenols is 1. The number of aromatic hydroxyl groups is 1. The van der Waals surface area contributed by atoms with E-state index in [1.807, 2.05) is 37.4 Å². The molecule has 0 aliphatic heterocycles. The molecule has 0 unspecified atom stereocenters. The third kappa shape index (κ3) is 7.74. The van der Waals surface area contributed by atoms with Gasteiger partial charge in [0.05, 0.1) is 24.3 Å². The van der Waals surface area contributed by atoms with Crippen LogP contribution < -0.4 is 15.4 Å². The molecule has 0 bridgehead atoms. The summed E-state index contributed by atoms with van der Waals surface area (Å²) in [6.45, 7) is 1.20. The summed E-state index contributed by atoms with van der Waals surface area (Å²) < 4.78 is 10.4. The first-order chi connectivity index (χ1) is 14.9. The molecule has 0 fully saturated rings. The molecule has 176 valence electrons. The van der Waals surface area contributed by atoms with Gasteiger partial charge in [-0.3, -0.25) is 4.79 Å². The first-order valence-corrected chi connectivity index (χ1v) is 10.6. The Morgan fingerprint density at radius 3 is 2.47 bits per heavy atom. The van der Waals surface area contributed by atoms with Gasteiger partial charge in [-0.1, -0.05) is 53.5 Å². The summed E-state index contributed by atoms with van der Waals surface area (Å²) >= 11 is 12.4. The quantitative estimate of drug-likeness (QED) is 0.315. The fraction of sp³-hybridized carbons (Fsp3) is 0.364. The third-order valence-electron chi connectivity index (χ3n) is 4.54. The minimum Gasteiger partial charge on any atom is -0.505 e. The molecule has 0 aromatic heterocycles. The van der Waals surface area contributed by atoms with E-state index in [-0.39, 0.29) is 40.2 Å². The first kappa shape index (κ1) is 27.8. The van der Waals surface area contributed by atoms with Crippen molar-refractivity contribution in [2.24, 2.45) is 0 Å². The summed E-state index contributed by atoms with van der Waals surface area (Å²) in [5.74, 6) is -1.70. The smallest absolute Gasteiger partial charge is 0.328 e. The van der Waals surface area contributed by atoms with Gasteiger partial charge in [0.15, 0.2) is 11.5 Å². The maximum Gasteiger partial charge on any atom is 0.328 e. The number of halogens is 3. The lowest BCUT2D eigenvalue weighted by molar-refractivity contribution is -0.142. The van der Waals surface area contributed by atoms with Crippen molar-refractivity contribution in [2.45, 2.75) is 25.3 Å². The average molecular weight is 506 g/mol. The second-order valence-corrected chi connectivity index (χ2v) is 7.58. The van der Waals surface area contributed by atoms with Crippen molar-refractivity contribution in [1.82, 2.24) is 10.6 Å². The summed E-state index contributed by atoms with van der Waals surface area (Å²) in [5, 5.41) is 16.0. The van der Waals surface area contributed by atoms with Crippen LogP contribution >= 0.6 is 35.6 Å². The van der Waals surface area contributed by atoms with Gasteiger partial charge in [0.1, 0.15) is 11.1 Å². The van der Waals surface area contributed by atoms with Gasteiger partial charge in [-0.2, -0.15) is 0 Å². The minimum absolute atomic E-state index is 0. The van der Waals surface area contributed by atoms with Crippen LogP contribution in [-0.2, 0) is 16.0 Å². The Kier molecular flexibility index (Phi) is 12.2. The molecule has 0 spiro atoms. The van der Waals surface area contributed by atoms with E-state index in [0.29, 0.717) is 6.61 Å². The van der Waals surface area contributed by atoms with Gasteiger partial charge >= 0.3 is 5.97 Å². The standard InChI is InChI=1S/C22H26Cl2N2O5.ClH/c1-25-10-6-7-11-31-20-16(23)13-15(19(27)18(20)24)21(28)26-17(22(29)30-2)12-14-8-4-3-5-9-14;/h3-5,8-9,13,17,25,27H,6-7,10-12H2,1-2H3,(H,26,28);1H/t17-;/m0./s1. The Balaban J connectivity index is 0.00000512. The van der Waals surface area contributed by atoms with Crippen LogP contribution in [-0.4, -0.2) is 50.3 Å². The van der Waals surface area contributed by atoms with Crippen molar-refractivity contribution in [3.05, 3.63) is 57.6 Å². The van der Waals surface area contributed by atoms with E-state index in [4.69, 9.17) is 32.7 Å². The van der Waals surface area contributed by atoms with E-state index in [9.17, 15) is 14.7 Å². The molecule has 0 aliphatic carbocycles. The van der Waals surface area contributed by atoms with Crippen molar-refractivity contribution in [3.63, 3.8) is 0 Å². The van der Waals surface area contributed by atoms with Crippen molar-refractivity contribution in [2.75, 3.05) is 27.3 Å². The van der Waals surface area contributed by atoms with Crippen molar-refractivity contribution in [3.8, 4) is 11.5 Å². The molecule has 2 aromatic rings. The molecule has 0 saturated heterocycles. The van der Waals surface area contributed by atoms with E-state index in [1.54, 1.807) is 0 Å². The number of unbranched alkanes of at least 4 members (excludes halogenated alkanes) is 1. The molecule has 0 aliphatic rings. The van der Waals surface area contributed by atoms with Crippen LogP contribution in [0.15, 0.2) is 36.4 Å². The fourth-order valence-corrected chi connectivity index (χ4v) is 3.46. The molecule has 7 nitrogen and oxygen atoms in total. The highest BCUT2D eigenvalue weighted by atomic mass is 35.5. The highest BCUT2D eigenvalue weighted by molar-refractivity contribution is 6.39. The molecule has 0 saturated carbocycles. The van der Waals surface area contributed by atoms with E-state index >= 15 is 0 Å². The van der Waals surface area contributed by atoms with E-state index in [0.717, 1.165) is 24.9 Å². The zero-order valence-electron chi connectivity index (χ0n) is 17.8. The number of amides is 1. The number of benzene rings is 2. The summed E-state index contributed by atoms with van der Waals surface area (Å²) in [6, 6.07) is 9.47. The van der Waals surface area contributed by atoms with Gasteiger partial charge in [0, 0.05) is 6.42 Å². The molecule has 2 rings (SSSR count). The molecule has 3 N–H and O–H groups in total. The number of hydrogen-bond donors (Lipinski definition) is 3. The van der Waals surface area contributed by atoms with E-state index < -0.39 is 23.7 Å². The second kappa shape index (κ2) is 14.1. The zero-order chi connectivity index (χ0) is 22.8. The molecule has 1 atom stereocenters. The molecular weight excluding hydrogens is 479 g/mol. The van der Waals surface area contributed by atoms with Gasteiger partial charge in [-0.25, -0.2) is 4.79 Å². The maximum absolute atomic E-state index is 12.8. The highest BCUT2D eigenvalue weighted by Gasteiger charge is 2.26. The maximum atomic E-state index is 12.8. The Morgan fingerprint density at radius 2 is 1.84 bits per heavy atom. The number of hydrogen-bond acceptors (Lipinski definition) is 6. The highest BCUT2D eigenvalue weighted by Crippen LogP contribution is 2.42. The van der Waals surface area contributed by atoms with E-state index in [1.165, 1.54) is 13.2 Å². The summed E-state index contributed by atoms with van der Waals surface area (Å²) in [4.78, 5) is 25.0. The van der Waals surface area contributed by atoms with E-state index in [2.05, 4.69) is 10.6 Å². The van der Waals surface area contributed by atoms with Crippen LogP contribution in [0.5, 0.6) is 11.5 Å². The Labute approximate surface area is 203 Å². The van der Waals surface area contributed by atoms with Gasteiger partial charge in [-0.15, -0.1) is 12.4 Å². The average Bonchev–Trinajstić information content (AvgIpc) is 2.77. The van der Waals surface area contributed by atoms with Gasteiger partial charge in [-0.05, 0) is 38.1 Å². The normalized spacial score (nSPS) is 11.2. The molecule has 32 heavy (non-hydrogen) atoms. The first-order valence-electron chi connectivity index (χ1n) is 9.80. The summed E-state index contributed by atoms with van der Waals surface area (Å²) in [6.07, 6.45) is 1.88. The summed E-state index contributed by atoms with van der Waals surface area (Å²) in [5.41, 5.74) is 0.667. The topological polar surface area (TPSA) is 96.9 Å². The SMILES string of the molecule is CNCCCCOc1c(Cl)cc(C(=O)N[C@@H](Cc2ccccc2)C(=O)OC)c(O)c1Cl.Cl. The molecule has 2 aromatic carbocycles. The number of nitrogens with one attached hydrogen (secondary N) is 2. The van der Waals surface area contributed by atoms with Crippen LogP contribution in [0.3, 0.4) is 0 Å². The lowest BCUT2D eigenvalue weighted by Gasteiger charge is -2.18. The van der Waals surface area contributed by atoms with Crippen LogP contribution in [0.1, 0.15) is 28.8 Å². The molecule has 1 amide bonds. The number of ether oxygens (including phenoxy) is 2. The van der Waals surface area contributed by atoms with Crippen LogP contribution in [0.25, 0.3) is 0 Å².